The van der Waals surface area contributed by atoms with Crippen LogP contribution >= 0.6 is 0 Å². The summed E-state index contributed by atoms with van der Waals surface area (Å²) in [6.45, 7) is 0. The minimum absolute atomic E-state index is 0.0389. The fourth-order valence-corrected chi connectivity index (χ4v) is 3.39. The van der Waals surface area contributed by atoms with Crippen molar-refractivity contribution in [3.8, 4) is 0 Å². The molecule has 0 atom stereocenters. The fraction of sp³-hybridized carbons (Fsp3) is 0.0625. The van der Waals surface area contributed by atoms with Crippen LogP contribution in [0.5, 0.6) is 0 Å². The van der Waals surface area contributed by atoms with E-state index in [4.69, 9.17) is 5.73 Å². The van der Waals surface area contributed by atoms with Gasteiger partial charge in [0.2, 0.25) is 5.91 Å². The molecule has 0 saturated carbocycles. The number of methoxy groups -OCH3 is 1. The average Bonchev–Trinajstić information content (AvgIpc) is 3.04. The van der Waals surface area contributed by atoms with Crippen LogP contribution < -0.4 is 10.5 Å². The number of hydrogen-bond donors (Lipinski definition) is 3. The number of sulfonamides is 1. The van der Waals surface area contributed by atoms with E-state index >= 15 is 0 Å². The highest BCUT2D eigenvalue weighted by molar-refractivity contribution is 7.92. The number of aromatic amines is 1. The van der Waals surface area contributed by atoms with E-state index < -0.39 is 21.9 Å². The minimum Gasteiger partial charge on any atom is -0.464 e. The monoisotopic (exact) mass is 374 g/mol. The second kappa shape index (κ2) is 6.48. The molecule has 1 heterocycles. The first kappa shape index (κ1) is 17.4. The third-order valence-electron chi connectivity index (χ3n) is 3.64. The number of nitrogens with zero attached hydrogens (tertiary/aromatic N) is 1. The summed E-state index contributed by atoms with van der Waals surface area (Å²) in [4.78, 5) is 22.7. The Morgan fingerprint density at radius 3 is 2.46 bits per heavy atom. The van der Waals surface area contributed by atoms with Crippen molar-refractivity contribution in [3.05, 3.63) is 53.7 Å². The van der Waals surface area contributed by atoms with Gasteiger partial charge in [0, 0.05) is 16.6 Å². The van der Waals surface area contributed by atoms with E-state index in [1.54, 1.807) is 6.07 Å². The van der Waals surface area contributed by atoms with E-state index in [-0.39, 0.29) is 21.8 Å². The number of amides is 1. The molecule has 0 saturated heterocycles. The van der Waals surface area contributed by atoms with Crippen molar-refractivity contribution >= 4 is 38.5 Å². The lowest BCUT2D eigenvalue weighted by Crippen LogP contribution is -2.14. The molecular formula is C16H14N4O5S. The van der Waals surface area contributed by atoms with E-state index in [1.165, 1.54) is 43.5 Å². The molecule has 0 fully saturated rings. The highest BCUT2D eigenvalue weighted by atomic mass is 32.2. The Labute approximate surface area is 148 Å². The molecule has 0 aliphatic rings. The number of esters is 1. The van der Waals surface area contributed by atoms with Crippen molar-refractivity contribution in [1.82, 2.24) is 10.2 Å². The number of H-pyrrole nitrogens is 1. The number of ether oxygens (including phenoxy) is 1. The van der Waals surface area contributed by atoms with E-state index in [0.29, 0.717) is 10.9 Å². The van der Waals surface area contributed by atoms with Crippen LogP contribution in [0, 0.1) is 0 Å². The van der Waals surface area contributed by atoms with Crippen molar-refractivity contribution in [2.45, 2.75) is 4.90 Å². The highest BCUT2D eigenvalue weighted by Gasteiger charge is 2.18. The number of fused-ring (bicyclic) bond motifs is 1. The summed E-state index contributed by atoms with van der Waals surface area (Å²) in [6.07, 6.45) is 0. The lowest BCUT2D eigenvalue weighted by Gasteiger charge is -2.08. The Kier molecular flexibility index (Phi) is 4.34. The van der Waals surface area contributed by atoms with Crippen LogP contribution in [0.3, 0.4) is 0 Å². The molecule has 26 heavy (non-hydrogen) atoms. The molecule has 134 valence electrons. The number of carbonyl (C=O) groups excluding carboxylic acids is 2. The van der Waals surface area contributed by atoms with Gasteiger partial charge in [-0.2, -0.15) is 5.10 Å². The van der Waals surface area contributed by atoms with Crippen molar-refractivity contribution in [2.24, 2.45) is 5.73 Å². The predicted octanol–water partition coefficient (Wildman–Crippen LogP) is 1.25. The molecule has 1 aromatic heterocycles. The molecular weight excluding hydrogens is 360 g/mol. The second-order valence-corrected chi connectivity index (χ2v) is 7.00. The first-order chi connectivity index (χ1) is 12.3. The van der Waals surface area contributed by atoms with Gasteiger partial charge in [-0.05, 0) is 42.5 Å². The number of aromatic nitrogens is 2. The van der Waals surface area contributed by atoms with Crippen LogP contribution in [0.2, 0.25) is 0 Å². The Morgan fingerprint density at radius 2 is 1.85 bits per heavy atom. The number of nitrogens with two attached hydrogens (primary N) is 1. The normalized spacial score (nSPS) is 11.3. The Morgan fingerprint density at radius 1 is 1.15 bits per heavy atom. The lowest BCUT2D eigenvalue weighted by atomic mass is 10.2. The molecule has 0 bridgehead atoms. The molecule has 0 unspecified atom stereocenters. The van der Waals surface area contributed by atoms with Gasteiger partial charge in [0.05, 0.1) is 17.5 Å². The van der Waals surface area contributed by atoms with Gasteiger partial charge < -0.3 is 10.5 Å². The van der Waals surface area contributed by atoms with Gasteiger partial charge in [0.1, 0.15) is 0 Å². The van der Waals surface area contributed by atoms with Gasteiger partial charge in [-0.1, -0.05) is 0 Å². The molecule has 3 rings (SSSR count). The van der Waals surface area contributed by atoms with Gasteiger partial charge in [0.25, 0.3) is 10.0 Å². The van der Waals surface area contributed by atoms with Crippen molar-refractivity contribution in [1.29, 1.82) is 0 Å². The standard InChI is InChI=1S/C16H14N4O5S/c1-25-16(22)14-12-8-10(4-7-13(12)18-19-14)20-26(23,24)11-5-2-9(3-6-11)15(17)21/h2-8,20H,1H3,(H2,17,21)(H,18,19). The van der Waals surface area contributed by atoms with Gasteiger partial charge in [0.15, 0.2) is 5.69 Å². The number of nitrogens with one attached hydrogen (secondary N) is 2. The van der Waals surface area contributed by atoms with Gasteiger partial charge in [-0.15, -0.1) is 0 Å². The van der Waals surface area contributed by atoms with Gasteiger partial charge >= 0.3 is 5.97 Å². The number of carbonyl (C=O) groups is 2. The summed E-state index contributed by atoms with van der Waals surface area (Å²) in [7, 11) is -2.67. The molecule has 0 aliphatic carbocycles. The van der Waals surface area contributed by atoms with Gasteiger partial charge in [-0.25, -0.2) is 13.2 Å². The quantitative estimate of drug-likeness (QED) is 0.573. The lowest BCUT2D eigenvalue weighted by molar-refractivity contribution is 0.0596. The third-order valence-corrected chi connectivity index (χ3v) is 5.04. The van der Waals surface area contributed by atoms with Crippen molar-refractivity contribution < 1.29 is 22.7 Å². The van der Waals surface area contributed by atoms with Crippen LogP contribution in [0.25, 0.3) is 10.9 Å². The maximum Gasteiger partial charge on any atom is 0.359 e. The van der Waals surface area contributed by atoms with Crippen LogP contribution in [0.15, 0.2) is 47.4 Å². The SMILES string of the molecule is COC(=O)c1n[nH]c2ccc(NS(=O)(=O)c3ccc(C(N)=O)cc3)cc12. The minimum atomic E-state index is -3.90. The highest BCUT2D eigenvalue weighted by Crippen LogP contribution is 2.23. The zero-order chi connectivity index (χ0) is 18.9. The summed E-state index contributed by atoms with van der Waals surface area (Å²) in [6, 6.07) is 9.79. The summed E-state index contributed by atoms with van der Waals surface area (Å²) < 4.78 is 32.0. The molecule has 0 radical (unpaired) electrons. The summed E-state index contributed by atoms with van der Waals surface area (Å²) >= 11 is 0. The first-order valence-corrected chi connectivity index (χ1v) is 8.79. The van der Waals surface area contributed by atoms with Crippen molar-refractivity contribution in [2.75, 3.05) is 11.8 Å². The maximum absolute atomic E-state index is 12.5. The van der Waals surface area contributed by atoms with Crippen LogP contribution in [0.1, 0.15) is 20.8 Å². The van der Waals surface area contributed by atoms with E-state index in [1.807, 2.05) is 0 Å². The van der Waals surface area contributed by atoms with E-state index in [2.05, 4.69) is 19.7 Å². The molecule has 3 aromatic rings. The topological polar surface area (TPSA) is 144 Å². The average molecular weight is 374 g/mol. The zero-order valence-electron chi connectivity index (χ0n) is 13.5. The zero-order valence-corrected chi connectivity index (χ0v) is 14.3. The van der Waals surface area contributed by atoms with Crippen molar-refractivity contribution in [3.63, 3.8) is 0 Å². The molecule has 10 heteroatoms. The second-order valence-electron chi connectivity index (χ2n) is 5.32. The number of benzene rings is 2. The number of hydrogen-bond acceptors (Lipinski definition) is 6. The van der Waals surface area contributed by atoms with E-state index in [0.717, 1.165) is 0 Å². The van der Waals surface area contributed by atoms with E-state index in [9.17, 15) is 18.0 Å². The molecule has 2 aromatic carbocycles. The smallest absolute Gasteiger partial charge is 0.359 e. The number of anilines is 1. The molecule has 0 spiro atoms. The summed E-state index contributed by atoms with van der Waals surface area (Å²) in [5.74, 6) is -1.29. The third kappa shape index (κ3) is 3.22. The molecule has 0 aliphatic heterocycles. The first-order valence-electron chi connectivity index (χ1n) is 7.31. The summed E-state index contributed by atoms with van der Waals surface area (Å²) in [5, 5.41) is 6.96. The Hall–Kier alpha value is -3.40. The maximum atomic E-state index is 12.5. The Bertz CT molecular complexity index is 1100. The largest absolute Gasteiger partial charge is 0.464 e. The number of primary amides is 1. The predicted molar refractivity (Wildman–Crippen MR) is 93.2 cm³/mol. The summed E-state index contributed by atoms with van der Waals surface area (Å²) in [5.41, 5.74) is 6.18. The van der Waals surface area contributed by atoms with Gasteiger partial charge in [-0.3, -0.25) is 14.6 Å². The Balaban J connectivity index is 1.94. The molecule has 4 N–H and O–H groups in total. The van der Waals surface area contributed by atoms with Crippen LogP contribution in [-0.2, 0) is 14.8 Å². The number of rotatable bonds is 5. The van der Waals surface area contributed by atoms with Crippen LogP contribution in [0.4, 0.5) is 5.69 Å². The molecule has 9 nitrogen and oxygen atoms in total. The fourth-order valence-electron chi connectivity index (χ4n) is 2.34. The van der Waals surface area contributed by atoms with Crippen LogP contribution in [-0.4, -0.2) is 37.6 Å². The molecule has 1 amide bonds.